The molecule has 2 rings (SSSR count). The molecule has 5 heteroatoms. The summed E-state index contributed by atoms with van der Waals surface area (Å²) in [5, 5.41) is 3.16. The molecule has 23 heavy (non-hydrogen) atoms. The van der Waals surface area contributed by atoms with Crippen LogP contribution in [0.4, 0.5) is 0 Å². The number of hydrogen-bond acceptors (Lipinski definition) is 4. The zero-order chi connectivity index (χ0) is 16.5. The Hall–Kier alpha value is -1.72. The molecule has 1 heterocycles. The maximum Gasteiger partial charge on any atom is 0.222 e. The normalized spacial score (nSPS) is 10.7. The summed E-state index contributed by atoms with van der Waals surface area (Å²) in [4.78, 5) is 18.9. The van der Waals surface area contributed by atoms with Crippen molar-refractivity contribution in [1.82, 2.24) is 9.88 Å². The number of hydrogen-bond donors (Lipinski definition) is 1. The SMILES string of the molecule is Cc1nc(CCCC(=O)N(CCCN)Cc2ccccc2)cs1. The van der Waals surface area contributed by atoms with Crippen molar-refractivity contribution in [3.63, 3.8) is 0 Å². The largest absolute Gasteiger partial charge is 0.338 e. The Morgan fingerprint density at radius 3 is 2.70 bits per heavy atom. The summed E-state index contributed by atoms with van der Waals surface area (Å²) in [5.41, 5.74) is 7.86. The number of amides is 1. The average molecular weight is 331 g/mol. The highest BCUT2D eigenvalue weighted by molar-refractivity contribution is 7.09. The van der Waals surface area contributed by atoms with E-state index in [0.29, 0.717) is 19.5 Å². The van der Waals surface area contributed by atoms with Crippen LogP contribution in [0.2, 0.25) is 0 Å². The molecule has 2 N–H and O–H groups in total. The molecule has 0 unspecified atom stereocenters. The Labute approximate surface area is 142 Å². The molecule has 0 fully saturated rings. The van der Waals surface area contributed by atoms with E-state index in [2.05, 4.69) is 22.5 Å². The number of nitrogens with zero attached hydrogens (tertiary/aromatic N) is 2. The van der Waals surface area contributed by atoms with Crippen molar-refractivity contribution in [2.45, 2.75) is 39.2 Å². The molecule has 0 spiro atoms. The minimum atomic E-state index is 0.203. The van der Waals surface area contributed by atoms with E-state index in [0.717, 1.165) is 42.1 Å². The van der Waals surface area contributed by atoms with Crippen molar-refractivity contribution in [1.29, 1.82) is 0 Å². The van der Waals surface area contributed by atoms with Gasteiger partial charge in [-0.2, -0.15) is 0 Å². The standard InChI is InChI=1S/C18H25N3OS/c1-15-20-17(14-23-15)9-5-10-18(22)21(12-6-11-19)13-16-7-3-2-4-8-16/h2-4,7-8,14H,5-6,9-13,19H2,1H3. The van der Waals surface area contributed by atoms with E-state index < -0.39 is 0 Å². The van der Waals surface area contributed by atoms with Crippen molar-refractivity contribution < 1.29 is 4.79 Å². The number of aryl methyl sites for hydroxylation is 2. The lowest BCUT2D eigenvalue weighted by Gasteiger charge is -2.22. The van der Waals surface area contributed by atoms with Gasteiger partial charge < -0.3 is 10.6 Å². The highest BCUT2D eigenvalue weighted by atomic mass is 32.1. The molecule has 124 valence electrons. The maximum atomic E-state index is 12.5. The molecular formula is C18H25N3OS. The average Bonchev–Trinajstić information content (AvgIpc) is 2.97. The Kier molecular flexibility index (Phi) is 7.23. The van der Waals surface area contributed by atoms with Gasteiger partial charge in [0.2, 0.25) is 5.91 Å². The fourth-order valence-electron chi connectivity index (χ4n) is 2.48. The van der Waals surface area contributed by atoms with Crippen LogP contribution >= 0.6 is 11.3 Å². The Bertz CT molecular complexity index is 597. The minimum Gasteiger partial charge on any atom is -0.338 e. The van der Waals surface area contributed by atoms with Gasteiger partial charge in [-0.15, -0.1) is 11.3 Å². The minimum absolute atomic E-state index is 0.203. The smallest absolute Gasteiger partial charge is 0.222 e. The topological polar surface area (TPSA) is 59.2 Å². The van der Waals surface area contributed by atoms with Crippen LogP contribution < -0.4 is 5.73 Å². The van der Waals surface area contributed by atoms with Gasteiger partial charge in [-0.05, 0) is 38.3 Å². The first-order valence-corrected chi connectivity index (χ1v) is 9.00. The van der Waals surface area contributed by atoms with Crippen LogP contribution in [0, 0.1) is 6.92 Å². The summed E-state index contributed by atoms with van der Waals surface area (Å²) in [5.74, 6) is 0.203. The van der Waals surface area contributed by atoms with Gasteiger partial charge in [-0.3, -0.25) is 4.79 Å². The number of benzene rings is 1. The third-order valence-electron chi connectivity index (χ3n) is 3.69. The predicted molar refractivity (Wildman–Crippen MR) is 95.3 cm³/mol. The van der Waals surface area contributed by atoms with E-state index in [4.69, 9.17) is 5.73 Å². The van der Waals surface area contributed by atoms with Crippen LogP contribution in [0.3, 0.4) is 0 Å². The van der Waals surface area contributed by atoms with Gasteiger partial charge in [-0.25, -0.2) is 4.98 Å². The molecule has 4 nitrogen and oxygen atoms in total. The molecule has 0 atom stereocenters. The zero-order valence-corrected chi connectivity index (χ0v) is 14.5. The third-order valence-corrected chi connectivity index (χ3v) is 4.51. The number of thiazole rings is 1. The number of nitrogens with two attached hydrogens (primary N) is 1. The molecule has 0 aliphatic carbocycles. The van der Waals surface area contributed by atoms with E-state index in [1.165, 1.54) is 0 Å². The Morgan fingerprint density at radius 2 is 2.04 bits per heavy atom. The van der Waals surface area contributed by atoms with Crippen molar-refractivity contribution in [2.75, 3.05) is 13.1 Å². The van der Waals surface area contributed by atoms with E-state index in [1.807, 2.05) is 30.0 Å². The second-order valence-corrected chi connectivity index (χ2v) is 6.72. The summed E-state index contributed by atoms with van der Waals surface area (Å²) in [6.07, 6.45) is 3.11. The lowest BCUT2D eigenvalue weighted by Crippen LogP contribution is -2.32. The second-order valence-electron chi connectivity index (χ2n) is 5.65. The van der Waals surface area contributed by atoms with Gasteiger partial charge in [0.05, 0.1) is 10.7 Å². The van der Waals surface area contributed by atoms with Gasteiger partial charge in [0, 0.05) is 24.9 Å². The van der Waals surface area contributed by atoms with E-state index in [1.54, 1.807) is 11.3 Å². The van der Waals surface area contributed by atoms with Gasteiger partial charge in [-0.1, -0.05) is 30.3 Å². The molecule has 0 bridgehead atoms. The van der Waals surface area contributed by atoms with Crippen molar-refractivity contribution in [2.24, 2.45) is 5.73 Å². The molecule has 0 saturated carbocycles. The molecule has 1 amide bonds. The summed E-state index contributed by atoms with van der Waals surface area (Å²) in [6.45, 7) is 4.00. The van der Waals surface area contributed by atoms with E-state index >= 15 is 0 Å². The Balaban J connectivity index is 1.85. The van der Waals surface area contributed by atoms with Gasteiger partial charge in [0.15, 0.2) is 0 Å². The quantitative estimate of drug-likeness (QED) is 0.768. The Morgan fingerprint density at radius 1 is 1.26 bits per heavy atom. The third kappa shape index (κ3) is 6.12. The van der Waals surface area contributed by atoms with Crippen LogP contribution in [0.25, 0.3) is 0 Å². The second kappa shape index (κ2) is 9.43. The van der Waals surface area contributed by atoms with E-state index in [-0.39, 0.29) is 5.91 Å². The molecular weight excluding hydrogens is 306 g/mol. The molecule has 0 saturated heterocycles. The molecule has 0 aliphatic rings. The predicted octanol–water partition coefficient (Wildman–Crippen LogP) is 3.15. The highest BCUT2D eigenvalue weighted by Crippen LogP contribution is 2.12. The van der Waals surface area contributed by atoms with Crippen LogP contribution in [0.15, 0.2) is 35.7 Å². The number of rotatable bonds is 9. The first-order chi connectivity index (χ1) is 11.2. The number of carbonyl (C=O) groups is 1. The first kappa shape index (κ1) is 17.6. The molecule has 2 aromatic rings. The summed E-state index contributed by atoms with van der Waals surface area (Å²) in [7, 11) is 0. The van der Waals surface area contributed by atoms with E-state index in [9.17, 15) is 4.79 Å². The highest BCUT2D eigenvalue weighted by Gasteiger charge is 2.13. The monoisotopic (exact) mass is 331 g/mol. The van der Waals surface area contributed by atoms with Gasteiger partial charge >= 0.3 is 0 Å². The van der Waals surface area contributed by atoms with Crippen LogP contribution in [-0.2, 0) is 17.8 Å². The lowest BCUT2D eigenvalue weighted by atomic mass is 10.1. The van der Waals surface area contributed by atoms with Crippen LogP contribution in [0.1, 0.15) is 35.5 Å². The van der Waals surface area contributed by atoms with Crippen molar-refractivity contribution in [3.8, 4) is 0 Å². The summed E-state index contributed by atoms with van der Waals surface area (Å²) < 4.78 is 0. The molecule has 0 radical (unpaired) electrons. The van der Waals surface area contributed by atoms with Crippen LogP contribution in [0.5, 0.6) is 0 Å². The fourth-order valence-corrected chi connectivity index (χ4v) is 3.13. The zero-order valence-electron chi connectivity index (χ0n) is 13.7. The molecule has 1 aromatic carbocycles. The fraction of sp³-hybridized carbons (Fsp3) is 0.444. The van der Waals surface area contributed by atoms with Gasteiger partial charge in [0.25, 0.3) is 0 Å². The summed E-state index contributed by atoms with van der Waals surface area (Å²) in [6, 6.07) is 10.1. The molecule has 0 aliphatic heterocycles. The maximum absolute atomic E-state index is 12.5. The van der Waals surface area contributed by atoms with Gasteiger partial charge in [0.1, 0.15) is 0 Å². The lowest BCUT2D eigenvalue weighted by molar-refractivity contribution is -0.132. The number of aromatic nitrogens is 1. The van der Waals surface area contributed by atoms with Crippen molar-refractivity contribution >= 4 is 17.2 Å². The van der Waals surface area contributed by atoms with Crippen LogP contribution in [-0.4, -0.2) is 28.9 Å². The first-order valence-electron chi connectivity index (χ1n) is 8.12. The van der Waals surface area contributed by atoms with Crippen molar-refractivity contribution in [3.05, 3.63) is 52.0 Å². The molecule has 1 aromatic heterocycles. The summed E-state index contributed by atoms with van der Waals surface area (Å²) >= 11 is 1.66. The number of carbonyl (C=O) groups excluding carboxylic acids is 1.